The summed E-state index contributed by atoms with van der Waals surface area (Å²) < 4.78 is 0. The number of thioether (sulfide) groups is 1. The van der Waals surface area contributed by atoms with E-state index in [-0.39, 0.29) is 12.5 Å². The number of benzene rings is 1. The van der Waals surface area contributed by atoms with Crippen molar-refractivity contribution < 1.29 is 9.90 Å². The smallest absolute Gasteiger partial charge is 0.225 e. The summed E-state index contributed by atoms with van der Waals surface area (Å²) in [6.45, 7) is 0.151. The van der Waals surface area contributed by atoms with Gasteiger partial charge in [-0.25, -0.2) is 0 Å². The van der Waals surface area contributed by atoms with Gasteiger partial charge in [-0.05, 0) is 12.1 Å². The van der Waals surface area contributed by atoms with Crippen molar-refractivity contribution in [2.75, 3.05) is 29.2 Å². The SMILES string of the molecule is Nc1ccccc1NC(=O)CCSCCO. The highest BCUT2D eigenvalue weighted by molar-refractivity contribution is 7.99. The molecule has 5 heteroatoms. The van der Waals surface area contributed by atoms with Crippen LogP contribution in [0.4, 0.5) is 11.4 Å². The summed E-state index contributed by atoms with van der Waals surface area (Å²) in [7, 11) is 0. The molecule has 0 saturated heterocycles. The second-order valence-corrected chi connectivity index (χ2v) is 4.45. The van der Waals surface area contributed by atoms with Gasteiger partial charge in [-0.1, -0.05) is 12.1 Å². The number of para-hydroxylation sites is 2. The lowest BCUT2D eigenvalue weighted by molar-refractivity contribution is -0.115. The quantitative estimate of drug-likeness (QED) is 0.518. The first-order valence-electron chi connectivity index (χ1n) is 5.07. The zero-order valence-electron chi connectivity index (χ0n) is 8.98. The summed E-state index contributed by atoms with van der Waals surface area (Å²) in [5, 5.41) is 11.3. The van der Waals surface area contributed by atoms with Crippen molar-refractivity contribution in [2.24, 2.45) is 0 Å². The number of hydrogen-bond donors (Lipinski definition) is 3. The predicted octanol–water partition coefficient (Wildman–Crippen LogP) is 1.32. The number of amides is 1. The topological polar surface area (TPSA) is 75.3 Å². The molecule has 16 heavy (non-hydrogen) atoms. The zero-order valence-corrected chi connectivity index (χ0v) is 9.80. The van der Waals surface area contributed by atoms with Gasteiger partial charge in [0.2, 0.25) is 5.91 Å². The van der Waals surface area contributed by atoms with E-state index in [9.17, 15) is 4.79 Å². The zero-order chi connectivity index (χ0) is 11.8. The fraction of sp³-hybridized carbons (Fsp3) is 0.364. The highest BCUT2D eigenvalue weighted by atomic mass is 32.2. The summed E-state index contributed by atoms with van der Waals surface area (Å²) in [5.74, 6) is 1.32. The lowest BCUT2D eigenvalue weighted by atomic mass is 10.2. The third-order valence-electron chi connectivity index (χ3n) is 1.94. The van der Waals surface area contributed by atoms with Crippen LogP contribution in [-0.2, 0) is 4.79 Å². The maximum atomic E-state index is 11.5. The summed E-state index contributed by atoms with van der Waals surface area (Å²) in [5.41, 5.74) is 6.91. The maximum Gasteiger partial charge on any atom is 0.225 e. The first-order chi connectivity index (χ1) is 7.74. The molecule has 0 spiro atoms. The predicted molar refractivity (Wildman–Crippen MR) is 68.5 cm³/mol. The number of aliphatic hydroxyl groups excluding tert-OH is 1. The molecule has 0 saturated carbocycles. The second kappa shape index (κ2) is 7.14. The Hall–Kier alpha value is -1.20. The molecule has 1 aromatic carbocycles. The minimum atomic E-state index is -0.0525. The number of anilines is 2. The van der Waals surface area contributed by atoms with E-state index in [1.54, 1.807) is 23.9 Å². The lowest BCUT2D eigenvalue weighted by Crippen LogP contribution is -2.13. The lowest BCUT2D eigenvalue weighted by Gasteiger charge is -2.07. The van der Waals surface area contributed by atoms with E-state index in [1.807, 2.05) is 12.1 Å². The Morgan fingerprint density at radius 2 is 2.12 bits per heavy atom. The van der Waals surface area contributed by atoms with Crippen molar-refractivity contribution in [1.29, 1.82) is 0 Å². The Morgan fingerprint density at radius 1 is 1.38 bits per heavy atom. The van der Waals surface area contributed by atoms with Gasteiger partial charge in [0, 0.05) is 17.9 Å². The van der Waals surface area contributed by atoms with Gasteiger partial charge >= 0.3 is 0 Å². The maximum absolute atomic E-state index is 11.5. The number of rotatable bonds is 6. The average Bonchev–Trinajstić information content (AvgIpc) is 2.28. The fourth-order valence-electron chi connectivity index (χ4n) is 1.16. The van der Waals surface area contributed by atoms with Crippen LogP contribution in [0.25, 0.3) is 0 Å². The van der Waals surface area contributed by atoms with Gasteiger partial charge in [0.05, 0.1) is 18.0 Å². The average molecular weight is 240 g/mol. The van der Waals surface area contributed by atoms with Crippen LogP contribution in [0.3, 0.4) is 0 Å². The van der Waals surface area contributed by atoms with Crippen LogP contribution in [0.15, 0.2) is 24.3 Å². The molecule has 1 rings (SSSR count). The molecular weight excluding hydrogens is 224 g/mol. The van der Waals surface area contributed by atoms with Gasteiger partial charge in [0.15, 0.2) is 0 Å². The van der Waals surface area contributed by atoms with E-state index in [4.69, 9.17) is 10.8 Å². The molecule has 0 fully saturated rings. The van der Waals surface area contributed by atoms with E-state index < -0.39 is 0 Å². The molecule has 0 radical (unpaired) electrons. The molecule has 1 amide bonds. The first-order valence-corrected chi connectivity index (χ1v) is 6.22. The van der Waals surface area contributed by atoms with Gasteiger partial charge < -0.3 is 16.2 Å². The molecule has 88 valence electrons. The molecule has 0 bridgehead atoms. The molecule has 1 aromatic rings. The standard InChI is InChI=1S/C11H16N2O2S/c12-9-3-1-2-4-10(9)13-11(15)5-7-16-8-6-14/h1-4,14H,5-8,12H2,(H,13,15). The first kappa shape index (κ1) is 12.9. The van der Waals surface area contributed by atoms with Crippen molar-refractivity contribution in [3.8, 4) is 0 Å². The van der Waals surface area contributed by atoms with Gasteiger partial charge in [-0.15, -0.1) is 0 Å². The summed E-state index contributed by atoms with van der Waals surface area (Å²) >= 11 is 1.55. The number of aliphatic hydroxyl groups is 1. The van der Waals surface area contributed by atoms with Gasteiger partial charge in [0.25, 0.3) is 0 Å². The van der Waals surface area contributed by atoms with Gasteiger partial charge in [-0.3, -0.25) is 4.79 Å². The van der Waals surface area contributed by atoms with Crippen molar-refractivity contribution in [3.63, 3.8) is 0 Å². The largest absolute Gasteiger partial charge is 0.397 e. The molecule has 0 atom stereocenters. The Kier molecular flexibility index (Phi) is 5.74. The molecule has 0 aliphatic carbocycles. The molecule has 4 N–H and O–H groups in total. The van der Waals surface area contributed by atoms with Crippen molar-refractivity contribution in [1.82, 2.24) is 0 Å². The van der Waals surface area contributed by atoms with Gasteiger partial charge in [0.1, 0.15) is 0 Å². The molecule has 4 nitrogen and oxygen atoms in total. The Bertz CT molecular complexity index is 345. The molecule has 0 unspecified atom stereocenters. The molecular formula is C11H16N2O2S. The molecule has 0 aliphatic heterocycles. The van der Waals surface area contributed by atoms with Crippen molar-refractivity contribution >= 4 is 29.0 Å². The highest BCUT2D eigenvalue weighted by Gasteiger charge is 2.04. The molecule has 0 heterocycles. The van der Waals surface area contributed by atoms with E-state index in [1.165, 1.54) is 0 Å². The number of nitrogens with one attached hydrogen (secondary N) is 1. The van der Waals surface area contributed by atoms with E-state index in [0.717, 1.165) is 0 Å². The van der Waals surface area contributed by atoms with Crippen LogP contribution >= 0.6 is 11.8 Å². The van der Waals surface area contributed by atoms with E-state index in [2.05, 4.69) is 5.32 Å². The summed E-state index contributed by atoms with van der Waals surface area (Å²) in [4.78, 5) is 11.5. The Labute approximate surface area is 99.2 Å². The van der Waals surface area contributed by atoms with Crippen LogP contribution in [0.2, 0.25) is 0 Å². The monoisotopic (exact) mass is 240 g/mol. The minimum Gasteiger partial charge on any atom is -0.397 e. The fourth-order valence-corrected chi connectivity index (χ4v) is 1.82. The summed E-state index contributed by atoms with van der Waals surface area (Å²) in [6, 6.07) is 7.17. The van der Waals surface area contributed by atoms with Crippen LogP contribution in [0, 0.1) is 0 Å². The van der Waals surface area contributed by atoms with E-state index in [0.29, 0.717) is 29.3 Å². The number of nitrogens with two attached hydrogens (primary N) is 1. The van der Waals surface area contributed by atoms with Crippen LogP contribution in [0.5, 0.6) is 0 Å². The Morgan fingerprint density at radius 3 is 2.81 bits per heavy atom. The van der Waals surface area contributed by atoms with Crippen LogP contribution in [-0.4, -0.2) is 29.1 Å². The number of hydrogen-bond acceptors (Lipinski definition) is 4. The Balaban J connectivity index is 2.32. The molecule has 0 aliphatic rings. The number of nitrogen functional groups attached to an aromatic ring is 1. The highest BCUT2D eigenvalue weighted by Crippen LogP contribution is 2.17. The van der Waals surface area contributed by atoms with Crippen molar-refractivity contribution in [2.45, 2.75) is 6.42 Å². The van der Waals surface area contributed by atoms with Crippen molar-refractivity contribution in [3.05, 3.63) is 24.3 Å². The second-order valence-electron chi connectivity index (χ2n) is 3.22. The van der Waals surface area contributed by atoms with Crippen LogP contribution < -0.4 is 11.1 Å². The van der Waals surface area contributed by atoms with Gasteiger partial charge in [-0.2, -0.15) is 11.8 Å². The normalized spacial score (nSPS) is 10.1. The minimum absolute atomic E-state index is 0.0525. The third kappa shape index (κ3) is 4.55. The van der Waals surface area contributed by atoms with Crippen LogP contribution in [0.1, 0.15) is 6.42 Å². The number of carbonyl (C=O) groups is 1. The summed E-state index contributed by atoms with van der Waals surface area (Å²) in [6.07, 6.45) is 0.430. The molecule has 0 aromatic heterocycles. The number of carbonyl (C=O) groups excluding carboxylic acids is 1. The third-order valence-corrected chi connectivity index (χ3v) is 2.91. The van der Waals surface area contributed by atoms with E-state index >= 15 is 0 Å².